The fourth-order valence-corrected chi connectivity index (χ4v) is 1.76. The van der Waals surface area contributed by atoms with E-state index >= 15 is 0 Å². The highest BCUT2D eigenvalue weighted by molar-refractivity contribution is 5.94. The molecule has 0 fully saturated rings. The maximum absolute atomic E-state index is 12.2. The van der Waals surface area contributed by atoms with E-state index in [1.807, 2.05) is 6.92 Å². The summed E-state index contributed by atoms with van der Waals surface area (Å²) in [6.07, 6.45) is -3.73. The Kier molecular flexibility index (Phi) is 3.50. The summed E-state index contributed by atoms with van der Waals surface area (Å²) >= 11 is 0. The number of fused-ring (bicyclic) bond motifs is 1. The van der Waals surface area contributed by atoms with Crippen molar-refractivity contribution in [2.45, 2.75) is 19.5 Å². The highest BCUT2D eigenvalue weighted by atomic mass is 19.4. The van der Waals surface area contributed by atoms with Gasteiger partial charge in [0.15, 0.2) is 6.61 Å². The van der Waals surface area contributed by atoms with Gasteiger partial charge in [-0.3, -0.25) is 0 Å². The lowest BCUT2D eigenvalue weighted by Gasteiger charge is -2.12. The van der Waals surface area contributed by atoms with Crippen LogP contribution >= 0.6 is 0 Å². The summed E-state index contributed by atoms with van der Waals surface area (Å²) in [7, 11) is 0. The number of pyridine rings is 1. The van der Waals surface area contributed by atoms with Crippen LogP contribution in [0.5, 0.6) is 5.75 Å². The number of benzene rings is 1. The first kappa shape index (κ1) is 13.5. The summed E-state index contributed by atoms with van der Waals surface area (Å²) in [5, 5.41) is 0.594. The molecule has 0 saturated heterocycles. The van der Waals surface area contributed by atoms with Gasteiger partial charge in [0, 0.05) is 16.8 Å². The molecular formula is C13H13F3N2O. The van der Waals surface area contributed by atoms with Crippen LogP contribution in [0.15, 0.2) is 24.3 Å². The average Bonchev–Trinajstić information content (AvgIpc) is 2.35. The average molecular weight is 270 g/mol. The van der Waals surface area contributed by atoms with Crippen molar-refractivity contribution in [1.82, 2.24) is 4.98 Å². The molecular weight excluding hydrogens is 257 g/mol. The molecule has 0 radical (unpaired) electrons. The Bertz CT molecular complexity index is 596. The zero-order valence-electron chi connectivity index (χ0n) is 10.3. The maximum atomic E-state index is 12.2. The molecule has 19 heavy (non-hydrogen) atoms. The van der Waals surface area contributed by atoms with E-state index < -0.39 is 12.8 Å². The molecule has 3 nitrogen and oxygen atoms in total. The molecule has 0 saturated carbocycles. The van der Waals surface area contributed by atoms with Gasteiger partial charge in [0.2, 0.25) is 0 Å². The fraction of sp³-hybridized carbons (Fsp3) is 0.308. The minimum Gasteiger partial charge on any atom is -0.482 e. The second-order valence-corrected chi connectivity index (χ2v) is 4.11. The van der Waals surface area contributed by atoms with Crippen LogP contribution in [0.25, 0.3) is 10.9 Å². The number of alkyl halides is 3. The largest absolute Gasteiger partial charge is 0.482 e. The number of ether oxygens (including phenoxy) is 1. The van der Waals surface area contributed by atoms with E-state index in [9.17, 15) is 13.2 Å². The monoisotopic (exact) mass is 270 g/mol. The van der Waals surface area contributed by atoms with Crippen LogP contribution in [-0.2, 0) is 6.42 Å². The van der Waals surface area contributed by atoms with Crippen molar-refractivity contribution in [3.8, 4) is 5.75 Å². The molecule has 1 aromatic heterocycles. The summed E-state index contributed by atoms with van der Waals surface area (Å²) in [6, 6.07) is 6.48. The quantitative estimate of drug-likeness (QED) is 0.930. The molecule has 0 atom stereocenters. The molecule has 0 aliphatic carbocycles. The lowest BCUT2D eigenvalue weighted by molar-refractivity contribution is -0.153. The standard InChI is InChI=1S/C13H13F3N2O/c1-2-8-6-10(17)9-4-3-5-11(12(9)18-8)19-7-13(14,15)16/h3-6H,2,7H2,1H3,(H2,17,18). The molecule has 1 aromatic carbocycles. The number of hydrogen-bond donors (Lipinski definition) is 1. The van der Waals surface area contributed by atoms with Gasteiger partial charge in [-0.15, -0.1) is 0 Å². The van der Waals surface area contributed by atoms with E-state index in [2.05, 4.69) is 4.98 Å². The van der Waals surface area contributed by atoms with Crippen LogP contribution in [0.1, 0.15) is 12.6 Å². The number of para-hydroxylation sites is 1. The summed E-state index contributed by atoms with van der Waals surface area (Å²) in [6.45, 7) is 0.552. The van der Waals surface area contributed by atoms with E-state index in [1.165, 1.54) is 6.07 Å². The SMILES string of the molecule is CCc1cc(N)c2cccc(OCC(F)(F)F)c2n1. The number of aromatic nitrogens is 1. The molecule has 6 heteroatoms. The van der Waals surface area contributed by atoms with E-state index in [4.69, 9.17) is 10.5 Å². The Labute approximate surface area is 108 Å². The van der Waals surface area contributed by atoms with Gasteiger partial charge in [-0.05, 0) is 18.6 Å². The number of hydrogen-bond acceptors (Lipinski definition) is 3. The molecule has 0 bridgehead atoms. The number of nitrogen functional groups attached to an aromatic ring is 1. The second kappa shape index (κ2) is 4.95. The third kappa shape index (κ3) is 3.07. The first-order valence-electron chi connectivity index (χ1n) is 5.78. The smallest absolute Gasteiger partial charge is 0.422 e. The van der Waals surface area contributed by atoms with Crippen molar-refractivity contribution in [2.24, 2.45) is 0 Å². The molecule has 0 aliphatic heterocycles. The molecule has 2 rings (SSSR count). The maximum Gasteiger partial charge on any atom is 0.422 e. The number of rotatable bonds is 3. The zero-order valence-corrected chi connectivity index (χ0v) is 10.3. The number of anilines is 1. The minimum absolute atomic E-state index is 0.0943. The lowest BCUT2D eigenvalue weighted by Crippen LogP contribution is -2.19. The Morgan fingerprint density at radius 1 is 1.32 bits per heavy atom. The molecule has 102 valence electrons. The van der Waals surface area contributed by atoms with Crippen LogP contribution in [0.3, 0.4) is 0 Å². The topological polar surface area (TPSA) is 48.1 Å². The van der Waals surface area contributed by atoms with Crippen LogP contribution in [0.4, 0.5) is 18.9 Å². The summed E-state index contributed by atoms with van der Waals surface area (Å²) in [5.74, 6) is 0.0943. The van der Waals surface area contributed by atoms with Crippen molar-refractivity contribution in [2.75, 3.05) is 12.3 Å². The van der Waals surface area contributed by atoms with Crippen molar-refractivity contribution in [1.29, 1.82) is 0 Å². The van der Waals surface area contributed by atoms with Crippen molar-refractivity contribution < 1.29 is 17.9 Å². The molecule has 1 heterocycles. The molecule has 2 N–H and O–H groups in total. The van der Waals surface area contributed by atoms with E-state index in [1.54, 1.807) is 18.2 Å². The van der Waals surface area contributed by atoms with Crippen LogP contribution in [0.2, 0.25) is 0 Å². The third-order valence-corrected chi connectivity index (χ3v) is 2.64. The zero-order chi connectivity index (χ0) is 14.0. The van der Waals surface area contributed by atoms with Crippen molar-refractivity contribution in [3.63, 3.8) is 0 Å². The molecule has 0 amide bonds. The molecule has 0 unspecified atom stereocenters. The Hall–Kier alpha value is -1.98. The van der Waals surface area contributed by atoms with E-state index in [0.29, 0.717) is 28.7 Å². The Balaban J connectivity index is 2.46. The summed E-state index contributed by atoms with van der Waals surface area (Å²) in [5.41, 5.74) is 7.43. The van der Waals surface area contributed by atoms with Gasteiger partial charge in [-0.1, -0.05) is 19.1 Å². The van der Waals surface area contributed by atoms with Gasteiger partial charge >= 0.3 is 6.18 Å². The minimum atomic E-state index is -4.38. The van der Waals surface area contributed by atoms with Gasteiger partial charge in [0.1, 0.15) is 11.3 Å². The van der Waals surface area contributed by atoms with Crippen molar-refractivity contribution >= 4 is 16.6 Å². The van der Waals surface area contributed by atoms with Crippen LogP contribution in [0, 0.1) is 0 Å². The highest BCUT2D eigenvalue weighted by Gasteiger charge is 2.28. The summed E-state index contributed by atoms with van der Waals surface area (Å²) < 4.78 is 41.4. The predicted octanol–water partition coefficient (Wildman–Crippen LogP) is 3.32. The lowest BCUT2D eigenvalue weighted by atomic mass is 10.1. The number of aryl methyl sites for hydroxylation is 1. The number of nitrogens with two attached hydrogens (primary N) is 1. The first-order valence-corrected chi connectivity index (χ1v) is 5.78. The van der Waals surface area contributed by atoms with Crippen molar-refractivity contribution in [3.05, 3.63) is 30.0 Å². The van der Waals surface area contributed by atoms with Gasteiger partial charge in [0.25, 0.3) is 0 Å². The normalized spacial score (nSPS) is 11.8. The predicted molar refractivity (Wildman–Crippen MR) is 67.1 cm³/mol. The van der Waals surface area contributed by atoms with Gasteiger partial charge in [0.05, 0.1) is 0 Å². The van der Waals surface area contributed by atoms with Crippen LogP contribution in [-0.4, -0.2) is 17.8 Å². The van der Waals surface area contributed by atoms with E-state index in [-0.39, 0.29) is 5.75 Å². The van der Waals surface area contributed by atoms with Gasteiger partial charge < -0.3 is 10.5 Å². The molecule has 0 aliphatic rings. The molecule has 2 aromatic rings. The summed E-state index contributed by atoms with van der Waals surface area (Å²) in [4.78, 5) is 4.28. The highest BCUT2D eigenvalue weighted by Crippen LogP contribution is 2.29. The molecule has 0 spiro atoms. The first-order chi connectivity index (χ1) is 8.90. The van der Waals surface area contributed by atoms with E-state index in [0.717, 1.165) is 0 Å². The Morgan fingerprint density at radius 3 is 2.68 bits per heavy atom. The van der Waals surface area contributed by atoms with Gasteiger partial charge in [-0.25, -0.2) is 4.98 Å². The van der Waals surface area contributed by atoms with Crippen LogP contribution < -0.4 is 10.5 Å². The number of nitrogens with zero attached hydrogens (tertiary/aromatic N) is 1. The third-order valence-electron chi connectivity index (χ3n) is 2.64. The second-order valence-electron chi connectivity index (χ2n) is 4.11. The fourth-order valence-electron chi connectivity index (χ4n) is 1.76. The Morgan fingerprint density at radius 2 is 2.05 bits per heavy atom. The number of halogens is 3. The van der Waals surface area contributed by atoms with Gasteiger partial charge in [-0.2, -0.15) is 13.2 Å².